The van der Waals surface area contributed by atoms with E-state index < -0.39 is 5.41 Å². The van der Waals surface area contributed by atoms with E-state index in [-0.39, 0.29) is 5.91 Å². The molecule has 0 radical (unpaired) electrons. The van der Waals surface area contributed by atoms with Crippen LogP contribution >= 0.6 is 11.3 Å². The number of thiazole rings is 1. The van der Waals surface area contributed by atoms with E-state index in [2.05, 4.69) is 10.3 Å². The van der Waals surface area contributed by atoms with Gasteiger partial charge in [0.05, 0.1) is 22.2 Å². The third-order valence-electron chi connectivity index (χ3n) is 3.67. The van der Waals surface area contributed by atoms with E-state index in [0.29, 0.717) is 24.7 Å². The molecular weight excluding hydrogens is 286 g/mol. The zero-order valence-electron chi connectivity index (χ0n) is 12.6. The Morgan fingerprint density at radius 2 is 2.24 bits per heavy atom. The number of fused-ring (bicyclic) bond motifs is 1. The molecule has 0 fully saturated rings. The number of aromatic nitrogens is 1. The van der Waals surface area contributed by atoms with E-state index in [4.69, 9.17) is 10.5 Å². The zero-order valence-corrected chi connectivity index (χ0v) is 13.4. The maximum atomic E-state index is 12.3. The Labute approximate surface area is 128 Å². The highest BCUT2D eigenvalue weighted by Gasteiger charge is 2.30. The van der Waals surface area contributed by atoms with Gasteiger partial charge in [0.1, 0.15) is 5.75 Å². The van der Waals surface area contributed by atoms with Crippen molar-refractivity contribution in [1.29, 1.82) is 0 Å². The maximum absolute atomic E-state index is 12.3. The molecule has 5 nitrogen and oxygen atoms in total. The van der Waals surface area contributed by atoms with Gasteiger partial charge in [0.2, 0.25) is 5.91 Å². The highest BCUT2D eigenvalue weighted by Crippen LogP contribution is 2.30. The Morgan fingerprint density at radius 3 is 2.86 bits per heavy atom. The first kappa shape index (κ1) is 15.7. The van der Waals surface area contributed by atoms with Crippen LogP contribution in [-0.2, 0) is 4.79 Å². The van der Waals surface area contributed by atoms with Gasteiger partial charge in [0, 0.05) is 6.54 Å². The number of benzene rings is 1. The van der Waals surface area contributed by atoms with E-state index >= 15 is 0 Å². The molecule has 0 aliphatic rings. The van der Waals surface area contributed by atoms with E-state index in [0.717, 1.165) is 16.0 Å². The average Bonchev–Trinajstić information content (AvgIpc) is 2.88. The Hall–Kier alpha value is -1.66. The molecule has 1 unspecified atom stereocenters. The molecule has 0 saturated carbocycles. The first-order valence-electron chi connectivity index (χ1n) is 7.07. The molecule has 1 amide bonds. The molecule has 1 aromatic carbocycles. The highest BCUT2D eigenvalue weighted by molar-refractivity contribution is 7.22. The molecule has 0 spiro atoms. The van der Waals surface area contributed by atoms with Crippen LogP contribution in [0.25, 0.3) is 10.2 Å². The summed E-state index contributed by atoms with van der Waals surface area (Å²) in [7, 11) is 0. The lowest BCUT2D eigenvalue weighted by Crippen LogP contribution is -2.39. The number of carbonyl (C=O) groups is 1. The number of ether oxygens (including phenoxy) is 1. The topological polar surface area (TPSA) is 77.2 Å². The first-order valence-corrected chi connectivity index (χ1v) is 7.89. The molecule has 1 atom stereocenters. The second kappa shape index (κ2) is 6.41. The Bertz CT molecular complexity index is 635. The molecule has 2 rings (SSSR count). The number of hydrogen-bond acceptors (Lipinski definition) is 5. The predicted molar refractivity (Wildman–Crippen MR) is 86.9 cm³/mol. The van der Waals surface area contributed by atoms with Crippen molar-refractivity contribution in [2.24, 2.45) is 11.1 Å². The molecular formula is C15H21N3O2S. The second-order valence-corrected chi connectivity index (χ2v) is 6.18. The van der Waals surface area contributed by atoms with Gasteiger partial charge in [-0.15, -0.1) is 0 Å². The molecule has 6 heteroatoms. The van der Waals surface area contributed by atoms with Crippen LogP contribution < -0.4 is 15.8 Å². The number of carbonyl (C=O) groups excluding carboxylic acids is 1. The van der Waals surface area contributed by atoms with Crippen LogP contribution in [0.4, 0.5) is 5.13 Å². The van der Waals surface area contributed by atoms with Crippen molar-refractivity contribution in [3.63, 3.8) is 0 Å². The van der Waals surface area contributed by atoms with Gasteiger partial charge >= 0.3 is 0 Å². The van der Waals surface area contributed by atoms with Crippen molar-refractivity contribution >= 4 is 32.6 Å². The van der Waals surface area contributed by atoms with Gasteiger partial charge in [-0.3, -0.25) is 4.79 Å². The van der Waals surface area contributed by atoms with Gasteiger partial charge in [-0.05, 0) is 38.5 Å². The first-order chi connectivity index (χ1) is 10.0. The van der Waals surface area contributed by atoms with Crippen molar-refractivity contribution in [3.8, 4) is 5.75 Å². The lowest BCUT2D eigenvalue weighted by Gasteiger charge is -2.23. The summed E-state index contributed by atoms with van der Waals surface area (Å²) in [6.07, 6.45) is 0.689. The monoisotopic (exact) mass is 307 g/mol. The van der Waals surface area contributed by atoms with Gasteiger partial charge in [0.25, 0.3) is 0 Å². The summed E-state index contributed by atoms with van der Waals surface area (Å²) in [5.74, 6) is 0.725. The van der Waals surface area contributed by atoms with Gasteiger partial charge < -0.3 is 15.8 Å². The predicted octanol–water partition coefficient (Wildman–Crippen LogP) is 3.01. The largest absolute Gasteiger partial charge is 0.494 e. The minimum absolute atomic E-state index is 0.0865. The molecule has 2 aromatic rings. The molecule has 3 N–H and O–H groups in total. The lowest BCUT2D eigenvalue weighted by molar-refractivity contribution is -0.124. The molecule has 1 heterocycles. The van der Waals surface area contributed by atoms with E-state index in [1.807, 2.05) is 39.0 Å². The van der Waals surface area contributed by atoms with E-state index in [1.165, 1.54) is 11.3 Å². The summed E-state index contributed by atoms with van der Waals surface area (Å²) in [5.41, 5.74) is 6.00. The number of anilines is 1. The minimum atomic E-state index is -0.561. The van der Waals surface area contributed by atoms with Crippen LogP contribution in [0.3, 0.4) is 0 Å². The Morgan fingerprint density at radius 1 is 1.48 bits per heavy atom. The quantitative estimate of drug-likeness (QED) is 0.860. The van der Waals surface area contributed by atoms with Crippen molar-refractivity contribution in [3.05, 3.63) is 18.2 Å². The van der Waals surface area contributed by atoms with Crippen molar-refractivity contribution in [1.82, 2.24) is 4.98 Å². The summed E-state index contributed by atoms with van der Waals surface area (Å²) in [4.78, 5) is 16.7. The lowest BCUT2D eigenvalue weighted by atomic mass is 9.87. The number of amides is 1. The fourth-order valence-electron chi connectivity index (χ4n) is 1.86. The Balaban J connectivity index is 2.21. The highest BCUT2D eigenvalue weighted by atomic mass is 32.1. The van der Waals surface area contributed by atoms with E-state index in [9.17, 15) is 4.79 Å². The fourth-order valence-corrected chi connectivity index (χ4v) is 2.75. The summed E-state index contributed by atoms with van der Waals surface area (Å²) in [6.45, 7) is 6.71. The summed E-state index contributed by atoms with van der Waals surface area (Å²) in [6, 6.07) is 5.72. The van der Waals surface area contributed by atoms with Crippen LogP contribution in [0.5, 0.6) is 5.75 Å². The maximum Gasteiger partial charge on any atom is 0.233 e. The van der Waals surface area contributed by atoms with Gasteiger partial charge in [0.15, 0.2) is 5.13 Å². The summed E-state index contributed by atoms with van der Waals surface area (Å²) in [5, 5.41) is 3.47. The summed E-state index contributed by atoms with van der Waals surface area (Å²) >= 11 is 1.44. The molecule has 0 aliphatic carbocycles. The van der Waals surface area contributed by atoms with Crippen molar-refractivity contribution in [2.75, 3.05) is 18.5 Å². The number of nitrogens with two attached hydrogens (primary N) is 1. The molecule has 0 bridgehead atoms. The third-order valence-corrected chi connectivity index (χ3v) is 4.60. The Kier molecular flexibility index (Phi) is 4.80. The van der Waals surface area contributed by atoms with E-state index in [1.54, 1.807) is 0 Å². The molecule has 0 saturated heterocycles. The molecule has 21 heavy (non-hydrogen) atoms. The fraction of sp³-hybridized carbons (Fsp3) is 0.467. The SMILES string of the molecule is CCOc1ccc2nc(NC(=O)C(C)(CC)CN)sc2c1. The average molecular weight is 307 g/mol. The molecule has 0 aliphatic heterocycles. The minimum Gasteiger partial charge on any atom is -0.494 e. The number of nitrogens with zero attached hydrogens (tertiary/aromatic N) is 1. The third kappa shape index (κ3) is 3.33. The zero-order chi connectivity index (χ0) is 15.5. The van der Waals surface area contributed by atoms with Crippen LogP contribution in [0, 0.1) is 5.41 Å². The standard InChI is InChI=1S/C15H21N3O2S/c1-4-15(3,9-16)13(19)18-14-17-11-7-6-10(20-5-2)8-12(11)21-14/h6-8H,4-5,9,16H2,1-3H3,(H,17,18,19). The van der Waals surface area contributed by atoms with Crippen LogP contribution in [-0.4, -0.2) is 24.0 Å². The molecule has 114 valence electrons. The smallest absolute Gasteiger partial charge is 0.233 e. The normalized spacial score (nSPS) is 13.9. The summed E-state index contributed by atoms with van der Waals surface area (Å²) < 4.78 is 6.46. The van der Waals surface area contributed by atoms with Crippen LogP contribution in [0.15, 0.2) is 18.2 Å². The number of nitrogens with one attached hydrogen (secondary N) is 1. The van der Waals surface area contributed by atoms with Gasteiger partial charge in [-0.25, -0.2) is 4.98 Å². The second-order valence-electron chi connectivity index (χ2n) is 5.15. The van der Waals surface area contributed by atoms with Gasteiger partial charge in [-0.2, -0.15) is 0 Å². The van der Waals surface area contributed by atoms with Crippen LogP contribution in [0.1, 0.15) is 27.2 Å². The van der Waals surface area contributed by atoms with Crippen molar-refractivity contribution < 1.29 is 9.53 Å². The number of rotatable bonds is 6. The van der Waals surface area contributed by atoms with Crippen molar-refractivity contribution in [2.45, 2.75) is 27.2 Å². The van der Waals surface area contributed by atoms with Gasteiger partial charge in [-0.1, -0.05) is 18.3 Å². The van der Waals surface area contributed by atoms with Crippen LogP contribution in [0.2, 0.25) is 0 Å². The molecule has 1 aromatic heterocycles. The number of hydrogen-bond donors (Lipinski definition) is 2.